The highest BCUT2D eigenvalue weighted by Crippen LogP contribution is 2.23. The minimum Gasteiger partial charge on any atom is -0.398 e. The minimum atomic E-state index is -3.46. The van der Waals surface area contributed by atoms with Crippen molar-refractivity contribution in [2.24, 2.45) is 0 Å². The number of hydrogen-bond donors (Lipinski definition) is 1. The molecule has 0 heterocycles. The second-order valence-corrected chi connectivity index (χ2v) is 6.17. The Morgan fingerprint density at radius 3 is 2.24 bits per heavy atom. The predicted octanol–water partition coefficient (Wildman–Crippen LogP) is 1.07. The van der Waals surface area contributed by atoms with Gasteiger partial charge in [0.2, 0.25) is 0 Å². The molecular weight excluding hydrogens is 238 g/mol. The monoisotopic (exact) mass is 257 g/mol. The van der Waals surface area contributed by atoms with Gasteiger partial charge in [-0.25, -0.2) is 0 Å². The van der Waals surface area contributed by atoms with Crippen molar-refractivity contribution in [2.75, 3.05) is 31.2 Å². The van der Waals surface area contributed by atoms with Crippen LogP contribution in [-0.2, 0) is 16.6 Å². The third-order valence-electron chi connectivity index (χ3n) is 2.68. The van der Waals surface area contributed by atoms with Crippen LogP contribution in [0.2, 0.25) is 0 Å². The van der Waals surface area contributed by atoms with Crippen LogP contribution in [0.15, 0.2) is 18.2 Å². The summed E-state index contributed by atoms with van der Waals surface area (Å²) in [4.78, 5) is 0. The maximum Gasteiger partial charge on any atom is 0.303 e. The average molecular weight is 257 g/mol. The quantitative estimate of drug-likeness (QED) is 0.821. The molecule has 0 aliphatic heterocycles. The van der Waals surface area contributed by atoms with Crippen molar-refractivity contribution < 1.29 is 8.42 Å². The van der Waals surface area contributed by atoms with Gasteiger partial charge in [-0.2, -0.15) is 12.7 Å². The molecule has 1 aromatic carbocycles. The van der Waals surface area contributed by atoms with Crippen LogP contribution in [-0.4, -0.2) is 33.9 Å². The van der Waals surface area contributed by atoms with Gasteiger partial charge in [-0.1, -0.05) is 13.0 Å². The Kier molecular flexibility index (Phi) is 4.00. The van der Waals surface area contributed by atoms with Crippen molar-refractivity contribution >= 4 is 21.6 Å². The van der Waals surface area contributed by atoms with Crippen LogP contribution in [0.5, 0.6) is 0 Å². The van der Waals surface area contributed by atoms with E-state index < -0.39 is 10.2 Å². The fourth-order valence-corrected chi connectivity index (χ4v) is 2.35. The van der Waals surface area contributed by atoms with Gasteiger partial charge in [-0.05, 0) is 24.1 Å². The van der Waals surface area contributed by atoms with Crippen molar-refractivity contribution in [3.8, 4) is 0 Å². The maximum atomic E-state index is 11.9. The van der Waals surface area contributed by atoms with E-state index in [1.54, 1.807) is 12.1 Å². The maximum absolute atomic E-state index is 11.9. The summed E-state index contributed by atoms with van der Waals surface area (Å²) in [6.07, 6.45) is 0.830. The van der Waals surface area contributed by atoms with Crippen LogP contribution >= 0.6 is 0 Å². The SMILES string of the molecule is CCc1ccc(N(C)S(=O)(=O)N(C)C)cc1N. The molecule has 17 heavy (non-hydrogen) atoms. The molecule has 1 rings (SSSR count). The van der Waals surface area contributed by atoms with E-state index in [1.165, 1.54) is 25.4 Å². The molecule has 0 atom stereocenters. The van der Waals surface area contributed by atoms with Gasteiger partial charge < -0.3 is 5.73 Å². The summed E-state index contributed by atoms with van der Waals surface area (Å²) in [6.45, 7) is 2.01. The molecule has 0 aromatic heterocycles. The van der Waals surface area contributed by atoms with Crippen LogP contribution in [0, 0.1) is 0 Å². The summed E-state index contributed by atoms with van der Waals surface area (Å²) in [5.41, 5.74) is 8.05. The van der Waals surface area contributed by atoms with E-state index in [2.05, 4.69) is 0 Å². The van der Waals surface area contributed by atoms with E-state index in [0.717, 1.165) is 16.3 Å². The Bertz CT molecular complexity index is 497. The summed E-state index contributed by atoms with van der Waals surface area (Å²) in [5, 5.41) is 0. The first-order chi connectivity index (χ1) is 7.80. The summed E-state index contributed by atoms with van der Waals surface area (Å²) in [5.74, 6) is 0. The molecule has 96 valence electrons. The number of nitrogen functional groups attached to an aromatic ring is 1. The van der Waals surface area contributed by atoms with Crippen molar-refractivity contribution in [3.63, 3.8) is 0 Å². The lowest BCUT2D eigenvalue weighted by molar-refractivity contribution is 0.519. The van der Waals surface area contributed by atoms with Gasteiger partial charge in [0.05, 0.1) is 5.69 Å². The molecule has 5 nitrogen and oxygen atoms in total. The summed E-state index contributed by atoms with van der Waals surface area (Å²) in [6, 6.07) is 5.29. The molecule has 0 saturated heterocycles. The van der Waals surface area contributed by atoms with Crippen LogP contribution < -0.4 is 10.0 Å². The summed E-state index contributed by atoms with van der Waals surface area (Å²) < 4.78 is 26.2. The van der Waals surface area contributed by atoms with Crippen molar-refractivity contribution in [3.05, 3.63) is 23.8 Å². The van der Waals surface area contributed by atoms with Crippen molar-refractivity contribution in [1.29, 1.82) is 0 Å². The summed E-state index contributed by atoms with van der Waals surface area (Å²) in [7, 11) is 1.05. The van der Waals surface area contributed by atoms with Crippen LogP contribution in [0.3, 0.4) is 0 Å². The van der Waals surface area contributed by atoms with E-state index >= 15 is 0 Å². The Balaban J connectivity index is 3.14. The molecule has 6 heteroatoms. The fraction of sp³-hybridized carbons (Fsp3) is 0.455. The normalized spacial score (nSPS) is 11.8. The number of aryl methyl sites for hydroxylation is 1. The third kappa shape index (κ3) is 2.70. The topological polar surface area (TPSA) is 66.6 Å². The van der Waals surface area contributed by atoms with E-state index in [0.29, 0.717) is 11.4 Å². The lowest BCUT2D eigenvalue weighted by Crippen LogP contribution is -2.37. The smallest absolute Gasteiger partial charge is 0.303 e. The van der Waals surface area contributed by atoms with E-state index in [-0.39, 0.29) is 0 Å². The Morgan fingerprint density at radius 1 is 1.24 bits per heavy atom. The Morgan fingerprint density at radius 2 is 1.82 bits per heavy atom. The summed E-state index contributed by atoms with van der Waals surface area (Å²) >= 11 is 0. The standard InChI is InChI=1S/C11H19N3O2S/c1-5-9-6-7-10(8-11(9)12)14(4)17(15,16)13(2)3/h6-8H,5,12H2,1-4H3. The molecule has 0 aliphatic rings. The molecule has 0 bridgehead atoms. The Labute approximate surface area is 103 Å². The molecule has 2 N–H and O–H groups in total. The van der Waals surface area contributed by atoms with Gasteiger partial charge in [-0.15, -0.1) is 0 Å². The molecule has 0 amide bonds. The zero-order valence-corrected chi connectivity index (χ0v) is 11.5. The van der Waals surface area contributed by atoms with Gasteiger partial charge in [0.25, 0.3) is 0 Å². The Hall–Kier alpha value is -1.27. The first-order valence-corrected chi connectivity index (χ1v) is 6.75. The highest BCUT2D eigenvalue weighted by Gasteiger charge is 2.21. The number of nitrogens with two attached hydrogens (primary N) is 1. The number of benzene rings is 1. The first kappa shape index (κ1) is 13.8. The highest BCUT2D eigenvalue weighted by atomic mass is 32.2. The predicted molar refractivity (Wildman–Crippen MR) is 71.2 cm³/mol. The lowest BCUT2D eigenvalue weighted by atomic mass is 10.1. The van der Waals surface area contributed by atoms with Crippen LogP contribution in [0.1, 0.15) is 12.5 Å². The van der Waals surface area contributed by atoms with Crippen LogP contribution in [0.25, 0.3) is 0 Å². The lowest BCUT2D eigenvalue weighted by Gasteiger charge is -2.23. The van der Waals surface area contributed by atoms with Gasteiger partial charge >= 0.3 is 10.2 Å². The van der Waals surface area contributed by atoms with Gasteiger partial charge in [0.1, 0.15) is 0 Å². The number of nitrogens with zero attached hydrogens (tertiary/aromatic N) is 2. The molecule has 1 aromatic rings. The fourth-order valence-electron chi connectivity index (χ4n) is 1.48. The zero-order chi connectivity index (χ0) is 13.2. The van der Waals surface area contributed by atoms with E-state index in [4.69, 9.17) is 5.73 Å². The van der Waals surface area contributed by atoms with Gasteiger partial charge in [0, 0.05) is 26.8 Å². The molecule has 0 spiro atoms. The average Bonchev–Trinajstić information content (AvgIpc) is 2.27. The van der Waals surface area contributed by atoms with Crippen molar-refractivity contribution in [1.82, 2.24) is 4.31 Å². The zero-order valence-electron chi connectivity index (χ0n) is 10.6. The molecular formula is C11H19N3O2S. The van der Waals surface area contributed by atoms with Crippen LogP contribution in [0.4, 0.5) is 11.4 Å². The second-order valence-electron chi connectivity index (χ2n) is 3.99. The highest BCUT2D eigenvalue weighted by molar-refractivity contribution is 7.90. The first-order valence-electron chi connectivity index (χ1n) is 5.35. The van der Waals surface area contributed by atoms with Gasteiger partial charge in [-0.3, -0.25) is 4.31 Å². The number of hydrogen-bond acceptors (Lipinski definition) is 3. The molecule has 0 radical (unpaired) electrons. The van der Waals surface area contributed by atoms with Gasteiger partial charge in [0.15, 0.2) is 0 Å². The second kappa shape index (κ2) is 4.93. The molecule has 0 aliphatic carbocycles. The minimum absolute atomic E-state index is 0.563. The molecule has 0 fully saturated rings. The number of rotatable bonds is 4. The van der Waals surface area contributed by atoms with E-state index in [9.17, 15) is 8.42 Å². The van der Waals surface area contributed by atoms with Crippen molar-refractivity contribution in [2.45, 2.75) is 13.3 Å². The molecule has 0 saturated carbocycles. The largest absolute Gasteiger partial charge is 0.398 e. The molecule has 0 unspecified atom stereocenters. The third-order valence-corrected chi connectivity index (χ3v) is 4.51. The number of anilines is 2. The van der Waals surface area contributed by atoms with E-state index in [1.807, 2.05) is 13.0 Å².